The normalized spacial score (nSPS) is 12.7. The summed E-state index contributed by atoms with van der Waals surface area (Å²) in [7, 11) is 1.69. The van der Waals surface area contributed by atoms with Crippen molar-refractivity contribution in [2.24, 2.45) is 0 Å². The van der Waals surface area contributed by atoms with Crippen LogP contribution >= 0.6 is 0 Å². The fraction of sp³-hybridized carbons (Fsp3) is 0.500. The van der Waals surface area contributed by atoms with Crippen molar-refractivity contribution in [1.82, 2.24) is 5.32 Å². The number of rotatable bonds is 6. The van der Waals surface area contributed by atoms with Crippen LogP contribution < -0.4 is 5.32 Å². The van der Waals surface area contributed by atoms with E-state index in [0.29, 0.717) is 13.2 Å². The van der Waals surface area contributed by atoms with Gasteiger partial charge in [-0.3, -0.25) is 0 Å². The van der Waals surface area contributed by atoms with E-state index in [4.69, 9.17) is 9.84 Å². The number of aliphatic hydroxyl groups is 1. The summed E-state index contributed by atoms with van der Waals surface area (Å²) in [6.45, 7) is 3.84. The highest BCUT2D eigenvalue weighted by atomic mass is 16.5. The van der Waals surface area contributed by atoms with Gasteiger partial charge in [-0.25, -0.2) is 0 Å². The average molecular weight is 209 g/mol. The van der Waals surface area contributed by atoms with E-state index < -0.39 is 0 Å². The lowest BCUT2D eigenvalue weighted by molar-refractivity contribution is 0.185. The Bertz CT molecular complexity index is 269. The number of nitrogens with one attached hydrogen (secondary N) is 1. The van der Waals surface area contributed by atoms with Gasteiger partial charge in [-0.1, -0.05) is 24.3 Å². The van der Waals surface area contributed by atoms with Crippen LogP contribution in [-0.2, 0) is 17.9 Å². The standard InChI is InChI=1S/C12H19NO2/c1-10(14)7-13-8-11-3-5-12(6-4-11)9-15-2/h3-6,10,13-14H,7-9H2,1-2H3/t10-/m0/s1. The number of aliphatic hydroxyl groups excluding tert-OH is 1. The predicted molar refractivity (Wildman–Crippen MR) is 60.5 cm³/mol. The molecule has 84 valence electrons. The second-order valence-electron chi connectivity index (χ2n) is 3.73. The van der Waals surface area contributed by atoms with Crippen LogP contribution in [0.25, 0.3) is 0 Å². The molecule has 0 unspecified atom stereocenters. The summed E-state index contributed by atoms with van der Waals surface area (Å²) in [5, 5.41) is 12.2. The van der Waals surface area contributed by atoms with E-state index in [0.717, 1.165) is 6.54 Å². The largest absolute Gasteiger partial charge is 0.392 e. The summed E-state index contributed by atoms with van der Waals surface area (Å²) in [6.07, 6.45) is -0.294. The molecular formula is C12H19NO2. The van der Waals surface area contributed by atoms with Crippen LogP contribution in [-0.4, -0.2) is 24.9 Å². The Morgan fingerprint density at radius 1 is 1.27 bits per heavy atom. The topological polar surface area (TPSA) is 41.5 Å². The number of hydrogen-bond donors (Lipinski definition) is 2. The first-order valence-corrected chi connectivity index (χ1v) is 5.18. The van der Waals surface area contributed by atoms with Gasteiger partial charge in [0.15, 0.2) is 0 Å². The molecule has 0 aliphatic rings. The Morgan fingerprint density at radius 3 is 2.40 bits per heavy atom. The smallest absolute Gasteiger partial charge is 0.0713 e. The number of ether oxygens (including phenoxy) is 1. The van der Waals surface area contributed by atoms with Gasteiger partial charge >= 0.3 is 0 Å². The molecule has 1 rings (SSSR count). The van der Waals surface area contributed by atoms with Crippen molar-refractivity contribution < 1.29 is 9.84 Å². The van der Waals surface area contributed by atoms with Crippen molar-refractivity contribution in [3.05, 3.63) is 35.4 Å². The maximum absolute atomic E-state index is 9.07. The molecule has 0 aliphatic carbocycles. The van der Waals surface area contributed by atoms with Crippen molar-refractivity contribution in [1.29, 1.82) is 0 Å². The van der Waals surface area contributed by atoms with Crippen LogP contribution in [0.1, 0.15) is 18.1 Å². The van der Waals surface area contributed by atoms with Gasteiger partial charge in [-0.2, -0.15) is 0 Å². The number of hydrogen-bond acceptors (Lipinski definition) is 3. The molecule has 3 heteroatoms. The molecule has 2 N–H and O–H groups in total. The molecule has 15 heavy (non-hydrogen) atoms. The van der Waals surface area contributed by atoms with Gasteiger partial charge in [0.1, 0.15) is 0 Å². The summed E-state index contributed by atoms with van der Waals surface area (Å²) in [5.74, 6) is 0. The highest BCUT2D eigenvalue weighted by Gasteiger charge is 1.96. The molecule has 0 spiro atoms. The Morgan fingerprint density at radius 2 is 1.87 bits per heavy atom. The second-order valence-corrected chi connectivity index (χ2v) is 3.73. The monoisotopic (exact) mass is 209 g/mol. The van der Waals surface area contributed by atoms with Crippen LogP contribution in [0.4, 0.5) is 0 Å². The van der Waals surface area contributed by atoms with Gasteiger partial charge in [0.25, 0.3) is 0 Å². The molecule has 0 bridgehead atoms. The van der Waals surface area contributed by atoms with Gasteiger partial charge in [0.05, 0.1) is 12.7 Å². The summed E-state index contributed by atoms with van der Waals surface area (Å²) < 4.78 is 5.03. The Kier molecular flexibility index (Phi) is 5.32. The minimum absolute atomic E-state index is 0.294. The maximum atomic E-state index is 9.07. The highest BCUT2D eigenvalue weighted by Crippen LogP contribution is 2.05. The van der Waals surface area contributed by atoms with E-state index in [2.05, 4.69) is 29.6 Å². The summed E-state index contributed by atoms with van der Waals surface area (Å²) in [6, 6.07) is 8.26. The predicted octanol–water partition coefficient (Wildman–Crippen LogP) is 1.30. The molecule has 0 saturated heterocycles. The molecule has 3 nitrogen and oxygen atoms in total. The molecule has 1 aromatic carbocycles. The molecule has 0 heterocycles. The maximum Gasteiger partial charge on any atom is 0.0713 e. The van der Waals surface area contributed by atoms with E-state index in [-0.39, 0.29) is 6.10 Å². The minimum Gasteiger partial charge on any atom is -0.392 e. The molecule has 0 amide bonds. The Hall–Kier alpha value is -0.900. The fourth-order valence-corrected chi connectivity index (χ4v) is 1.35. The molecular weight excluding hydrogens is 190 g/mol. The van der Waals surface area contributed by atoms with E-state index in [1.807, 2.05) is 0 Å². The van der Waals surface area contributed by atoms with Crippen molar-refractivity contribution in [2.75, 3.05) is 13.7 Å². The summed E-state index contributed by atoms with van der Waals surface area (Å²) >= 11 is 0. The van der Waals surface area contributed by atoms with E-state index in [1.165, 1.54) is 11.1 Å². The molecule has 0 aliphatic heterocycles. The zero-order valence-electron chi connectivity index (χ0n) is 9.36. The third kappa shape index (κ3) is 4.93. The molecule has 0 radical (unpaired) electrons. The first-order chi connectivity index (χ1) is 7.22. The van der Waals surface area contributed by atoms with Crippen LogP contribution in [0.2, 0.25) is 0 Å². The minimum atomic E-state index is -0.294. The van der Waals surface area contributed by atoms with Gasteiger partial charge in [0.2, 0.25) is 0 Å². The van der Waals surface area contributed by atoms with Crippen LogP contribution in [0.15, 0.2) is 24.3 Å². The summed E-state index contributed by atoms with van der Waals surface area (Å²) in [4.78, 5) is 0. The van der Waals surface area contributed by atoms with Crippen LogP contribution in [0.5, 0.6) is 0 Å². The van der Waals surface area contributed by atoms with Gasteiger partial charge < -0.3 is 15.2 Å². The SMILES string of the molecule is COCc1ccc(CNC[C@H](C)O)cc1. The highest BCUT2D eigenvalue weighted by molar-refractivity contribution is 5.21. The average Bonchev–Trinajstić information content (AvgIpc) is 2.20. The molecule has 1 aromatic rings. The third-order valence-electron chi connectivity index (χ3n) is 2.10. The zero-order chi connectivity index (χ0) is 11.1. The van der Waals surface area contributed by atoms with Gasteiger partial charge in [-0.15, -0.1) is 0 Å². The van der Waals surface area contributed by atoms with E-state index >= 15 is 0 Å². The first kappa shape index (κ1) is 12.2. The third-order valence-corrected chi connectivity index (χ3v) is 2.10. The lowest BCUT2D eigenvalue weighted by Crippen LogP contribution is -2.23. The van der Waals surface area contributed by atoms with Crippen molar-refractivity contribution >= 4 is 0 Å². The lowest BCUT2D eigenvalue weighted by Gasteiger charge is -2.07. The first-order valence-electron chi connectivity index (χ1n) is 5.18. The number of benzene rings is 1. The van der Waals surface area contributed by atoms with Crippen LogP contribution in [0.3, 0.4) is 0 Å². The van der Waals surface area contributed by atoms with E-state index in [1.54, 1.807) is 14.0 Å². The zero-order valence-corrected chi connectivity index (χ0v) is 9.36. The quantitative estimate of drug-likeness (QED) is 0.742. The molecule has 0 saturated carbocycles. The molecule has 1 atom stereocenters. The van der Waals surface area contributed by atoms with Crippen LogP contribution in [0, 0.1) is 0 Å². The fourth-order valence-electron chi connectivity index (χ4n) is 1.35. The van der Waals surface area contributed by atoms with E-state index in [9.17, 15) is 0 Å². The lowest BCUT2D eigenvalue weighted by atomic mass is 10.1. The molecule has 0 fully saturated rings. The second kappa shape index (κ2) is 6.56. The Labute approximate surface area is 91.1 Å². The molecule has 0 aromatic heterocycles. The van der Waals surface area contributed by atoms with Gasteiger partial charge in [0, 0.05) is 20.2 Å². The van der Waals surface area contributed by atoms with Crippen molar-refractivity contribution in [3.8, 4) is 0 Å². The van der Waals surface area contributed by atoms with Crippen molar-refractivity contribution in [3.63, 3.8) is 0 Å². The number of methoxy groups -OCH3 is 1. The van der Waals surface area contributed by atoms with Gasteiger partial charge in [-0.05, 0) is 18.1 Å². The van der Waals surface area contributed by atoms with Crippen molar-refractivity contribution in [2.45, 2.75) is 26.2 Å². The summed E-state index contributed by atoms with van der Waals surface area (Å²) in [5.41, 5.74) is 2.40. The Balaban J connectivity index is 2.36.